The first-order chi connectivity index (χ1) is 14.0. The number of aromatic nitrogens is 1. The number of nitrogens with zero attached hydrogens (tertiary/aromatic N) is 2. The van der Waals surface area contributed by atoms with E-state index in [4.69, 9.17) is 14.2 Å². The second-order valence-corrected chi connectivity index (χ2v) is 9.27. The molecular formula is C21H25N3O4S. The summed E-state index contributed by atoms with van der Waals surface area (Å²) in [5.41, 5.74) is 1.52. The topological polar surface area (TPSA) is 72.9 Å². The SMILES string of the molecule is COC12CC(C(=O)Nc3ccc(Oc4cnc(N5CCOCC5)s4)c(C)c3)(C1)C2. The van der Waals surface area contributed by atoms with Gasteiger partial charge in [0.1, 0.15) is 5.75 Å². The van der Waals surface area contributed by atoms with Crippen LogP contribution in [0.3, 0.4) is 0 Å². The van der Waals surface area contributed by atoms with Crippen molar-refractivity contribution in [2.75, 3.05) is 43.6 Å². The third kappa shape index (κ3) is 3.29. The maximum absolute atomic E-state index is 12.6. The van der Waals surface area contributed by atoms with Gasteiger partial charge in [-0.2, -0.15) is 0 Å². The molecule has 0 unspecified atom stereocenters. The zero-order valence-corrected chi connectivity index (χ0v) is 17.5. The number of methoxy groups -OCH3 is 1. The first-order valence-corrected chi connectivity index (χ1v) is 10.8. The lowest BCUT2D eigenvalue weighted by atomic mass is 9.40. The molecular weight excluding hydrogens is 390 g/mol. The summed E-state index contributed by atoms with van der Waals surface area (Å²) in [6.07, 6.45) is 4.26. The third-order valence-electron chi connectivity index (χ3n) is 6.29. The second kappa shape index (κ2) is 6.97. The van der Waals surface area contributed by atoms with E-state index in [9.17, 15) is 4.79 Å². The van der Waals surface area contributed by atoms with Gasteiger partial charge in [-0.15, -0.1) is 0 Å². The maximum Gasteiger partial charge on any atom is 0.230 e. The van der Waals surface area contributed by atoms with Crippen molar-refractivity contribution < 1.29 is 19.0 Å². The quantitative estimate of drug-likeness (QED) is 0.777. The number of amides is 1. The Balaban J connectivity index is 1.21. The summed E-state index contributed by atoms with van der Waals surface area (Å²) in [5.74, 6) is 0.867. The van der Waals surface area contributed by atoms with Gasteiger partial charge in [-0.1, -0.05) is 11.3 Å². The highest BCUT2D eigenvalue weighted by atomic mass is 32.1. The molecule has 1 aromatic heterocycles. The van der Waals surface area contributed by atoms with Crippen molar-refractivity contribution in [2.45, 2.75) is 31.8 Å². The average molecular weight is 416 g/mol. The van der Waals surface area contributed by atoms with Crippen LogP contribution in [0.5, 0.6) is 10.8 Å². The zero-order valence-electron chi connectivity index (χ0n) is 16.7. The molecule has 2 heterocycles. The van der Waals surface area contributed by atoms with E-state index in [2.05, 4.69) is 15.2 Å². The molecule has 3 saturated carbocycles. The number of anilines is 2. The summed E-state index contributed by atoms with van der Waals surface area (Å²) in [5, 5.41) is 4.77. The maximum atomic E-state index is 12.6. The summed E-state index contributed by atoms with van der Waals surface area (Å²) in [6, 6.07) is 5.74. The molecule has 1 amide bonds. The number of benzene rings is 1. The van der Waals surface area contributed by atoms with Gasteiger partial charge >= 0.3 is 0 Å². The van der Waals surface area contributed by atoms with Crippen molar-refractivity contribution in [1.29, 1.82) is 0 Å². The molecule has 6 rings (SSSR count). The fraction of sp³-hybridized carbons (Fsp3) is 0.524. The van der Waals surface area contributed by atoms with Crippen molar-refractivity contribution in [3.63, 3.8) is 0 Å². The Morgan fingerprint density at radius 1 is 1.28 bits per heavy atom. The van der Waals surface area contributed by atoms with Crippen LogP contribution in [0.15, 0.2) is 24.4 Å². The van der Waals surface area contributed by atoms with Crippen LogP contribution in [0, 0.1) is 12.3 Å². The van der Waals surface area contributed by atoms with Gasteiger partial charge in [0.15, 0.2) is 5.13 Å². The first-order valence-electron chi connectivity index (χ1n) is 9.95. The van der Waals surface area contributed by atoms with Gasteiger partial charge in [-0.3, -0.25) is 4.79 Å². The van der Waals surface area contributed by atoms with Crippen molar-refractivity contribution in [2.24, 2.45) is 5.41 Å². The highest BCUT2D eigenvalue weighted by Crippen LogP contribution is 2.69. The van der Waals surface area contributed by atoms with Gasteiger partial charge in [0.2, 0.25) is 11.0 Å². The Bertz CT molecular complexity index is 918. The van der Waals surface area contributed by atoms with Crippen LogP contribution >= 0.6 is 11.3 Å². The first kappa shape index (κ1) is 18.8. The van der Waals surface area contributed by atoms with E-state index in [0.717, 1.165) is 72.8 Å². The number of nitrogens with one attached hydrogen (secondary N) is 1. The molecule has 0 radical (unpaired) electrons. The fourth-order valence-corrected chi connectivity index (χ4v) is 5.40. The molecule has 4 fully saturated rings. The Labute approximate surface area is 174 Å². The molecule has 1 N–H and O–H groups in total. The highest BCUT2D eigenvalue weighted by Gasteiger charge is 2.72. The molecule has 1 aliphatic heterocycles. The summed E-state index contributed by atoms with van der Waals surface area (Å²) < 4.78 is 16.9. The van der Waals surface area contributed by atoms with Crippen LogP contribution in [-0.4, -0.2) is 49.9 Å². The molecule has 0 spiro atoms. The molecule has 29 heavy (non-hydrogen) atoms. The molecule has 154 valence electrons. The number of ether oxygens (including phenoxy) is 3. The van der Waals surface area contributed by atoms with E-state index in [-0.39, 0.29) is 16.9 Å². The molecule has 8 heteroatoms. The number of aryl methyl sites for hydroxylation is 1. The van der Waals surface area contributed by atoms with E-state index in [1.54, 1.807) is 13.3 Å². The predicted molar refractivity (Wildman–Crippen MR) is 111 cm³/mol. The average Bonchev–Trinajstić information content (AvgIpc) is 3.12. The second-order valence-electron chi connectivity index (χ2n) is 8.30. The Hall–Kier alpha value is -2.16. The van der Waals surface area contributed by atoms with Crippen molar-refractivity contribution in [3.8, 4) is 10.8 Å². The smallest absolute Gasteiger partial charge is 0.230 e. The molecule has 0 atom stereocenters. The minimum Gasteiger partial charge on any atom is -0.445 e. The predicted octanol–water partition coefficient (Wildman–Crippen LogP) is 3.59. The Morgan fingerprint density at radius 2 is 2.03 bits per heavy atom. The largest absolute Gasteiger partial charge is 0.445 e. The summed E-state index contributed by atoms with van der Waals surface area (Å²) in [6.45, 7) is 5.15. The van der Waals surface area contributed by atoms with Gasteiger partial charge in [-0.25, -0.2) is 4.98 Å². The number of carbonyl (C=O) groups is 1. The zero-order chi connectivity index (χ0) is 20.1. The van der Waals surface area contributed by atoms with E-state index in [1.165, 1.54) is 11.3 Å². The van der Waals surface area contributed by atoms with Crippen LogP contribution in [0.25, 0.3) is 0 Å². The van der Waals surface area contributed by atoms with E-state index < -0.39 is 0 Å². The molecule has 4 aliphatic rings. The molecule has 2 aromatic rings. The van der Waals surface area contributed by atoms with Gasteiger partial charge in [0.05, 0.1) is 30.4 Å². The number of carbonyl (C=O) groups excluding carboxylic acids is 1. The van der Waals surface area contributed by atoms with E-state index in [1.807, 2.05) is 25.1 Å². The lowest BCUT2D eigenvalue weighted by Crippen LogP contribution is -2.72. The molecule has 3 aliphatic carbocycles. The minimum atomic E-state index is -0.225. The van der Waals surface area contributed by atoms with E-state index >= 15 is 0 Å². The van der Waals surface area contributed by atoms with Crippen LogP contribution in [0.4, 0.5) is 10.8 Å². The molecule has 7 nitrogen and oxygen atoms in total. The Kier molecular flexibility index (Phi) is 4.53. The number of hydrogen-bond donors (Lipinski definition) is 1. The van der Waals surface area contributed by atoms with Gasteiger partial charge < -0.3 is 24.4 Å². The monoisotopic (exact) mass is 415 g/mol. The molecule has 2 bridgehead atoms. The van der Waals surface area contributed by atoms with Crippen LogP contribution in [-0.2, 0) is 14.3 Å². The highest BCUT2D eigenvalue weighted by molar-refractivity contribution is 7.17. The third-order valence-corrected chi connectivity index (χ3v) is 7.23. The molecule has 1 saturated heterocycles. The normalized spacial score (nSPS) is 27.7. The van der Waals surface area contributed by atoms with Crippen molar-refractivity contribution in [3.05, 3.63) is 30.0 Å². The number of hydrogen-bond acceptors (Lipinski definition) is 7. The summed E-state index contributed by atoms with van der Waals surface area (Å²) in [4.78, 5) is 19.3. The molecule has 1 aromatic carbocycles. The lowest BCUT2D eigenvalue weighted by molar-refractivity contribution is -0.260. The van der Waals surface area contributed by atoms with E-state index in [0.29, 0.717) is 0 Å². The number of morpholine rings is 1. The van der Waals surface area contributed by atoms with Gasteiger partial charge in [-0.05, 0) is 49.9 Å². The van der Waals surface area contributed by atoms with Gasteiger partial charge in [0.25, 0.3) is 0 Å². The Morgan fingerprint density at radius 3 is 2.72 bits per heavy atom. The number of rotatable bonds is 6. The standard InChI is InChI=1S/C21H25N3O4S/c1-14-9-15(23-18(25)20-11-21(12-20,13-20)26-2)3-4-16(14)28-17-10-22-19(29-17)24-5-7-27-8-6-24/h3-4,9-10H,5-8,11-13H2,1-2H3,(H,23,25). The fourth-order valence-electron chi connectivity index (χ4n) is 4.56. The lowest BCUT2D eigenvalue weighted by Gasteiger charge is -2.67. The van der Waals surface area contributed by atoms with Crippen molar-refractivity contribution in [1.82, 2.24) is 4.98 Å². The van der Waals surface area contributed by atoms with Gasteiger partial charge in [0, 0.05) is 25.9 Å². The van der Waals surface area contributed by atoms with Crippen LogP contribution in [0.2, 0.25) is 0 Å². The summed E-state index contributed by atoms with van der Waals surface area (Å²) >= 11 is 1.53. The van der Waals surface area contributed by atoms with Crippen LogP contribution < -0.4 is 15.0 Å². The minimum absolute atomic E-state index is 0.0280. The summed E-state index contributed by atoms with van der Waals surface area (Å²) in [7, 11) is 1.73. The van der Waals surface area contributed by atoms with Crippen LogP contribution in [0.1, 0.15) is 24.8 Å². The van der Waals surface area contributed by atoms with Crippen molar-refractivity contribution >= 4 is 28.1 Å². The number of thiazole rings is 1.